The summed E-state index contributed by atoms with van der Waals surface area (Å²) < 4.78 is 18.8. The molecule has 0 saturated heterocycles. The van der Waals surface area contributed by atoms with Crippen molar-refractivity contribution in [2.75, 3.05) is 19.3 Å². The van der Waals surface area contributed by atoms with Crippen LogP contribution in [0.15, 0.2) is 0 Å². The van der Waals surface area contributed by atoms with E-state index in [2.05, 4.69) is 14.8 Å². The van der Waals surface area contributed by atoms with E-state index >= 15 is 0 Å². The Morgan fingerprint density at radius 3 is 1.69 bits per heavy atom. The molecule has 0 aliphatic carbocycles. The maximum atomic E-state index is 11.6. The molecule has 29 heavy (non-hydrogen) atoms. The molecular weight excluding hydrogens is 410 g/mol. The number of alkyl carbamates (subject to hydrolysis) is 1. The van der Waals surface area contributed by atoms with Crippen molar-refractivity contribution in [3.8, 4) is 0 Å². The third-order valence-electron chi connectivity index (χ3n) is 3.02. The summed E-state index contributed by atoms with van der Waals surface area (Å²) >= 11 is 0.518. The first-order chi connectivity index (χ1) is 13.1. The van der Waals surface area contributed by atoms with E-state index in [1.807, 2.05) is 0 Å². The highest BCUT2D eigenvalue weighted by Gasteiger charge is 2.26. The third-order valence-corrected chi connectivity index (χ3v) is 3.89. The summed E-state index contributed by atoms with van der Waals surface area (Å²) in [7, 11) is 0. The molecule has 0 rings (SSSR count). The number of rotatable bonds is 8. The number of carbonyl (C=O) groups is 4. The van der Waals surface area contributed by atoms with Crippen molar-refractivity contribution < 1.29 is 48.3 Å². The average Bonchev–Trinajstić information content (AvgIpc) is 2.56. The first kappa shape index (κ1) is 27.0. The molecule has 0 unspecified atom stereocenters. The van der Waals surface area contributed by atoms with Gasteiger partial charge in [0.1, 0.15) is 0 Å². The van der Waals surface area contributed by atoms with Crippen molar-refractivity contribution in [1.82, 2.24) is 5.32 Å². The predicted octanol–water partition coefficient (Wildman–Crippen LogP) is 1.36. The number of thioether (sulfide) groups is 1. The fraction of sp³-hybridized carbons (Fsp3) is 0.765. The Labute approximate surface area is 173 Å². The highest BCUT2D eigenvalue weighted by atomic mass is 32.2. The Morgan fingerprint density at radius 1 is 0.828 bits per heavy atom. The number of carbonyl (C=O) groups excluding carboxylic acids is 4. The second-order valence-corrected chi connectivity index (χ2v) is 8.86. The van der Waals surface area contributed by atoms with Crippen molar-refractivity contribution in [2.24, 2.45) is 10.8 Å². The van der Waals surface area contributed by atoms with E-state index in [1.165, 1.54) is 0 Å². The highest BCUT2D eigenvalue weighted by Crippen LogP contribution is 2.16. The molecule has 0 saturated carbocycles. The molecule has 0 aromatic heterocycles. The molecule has 0 aromatic carbocycles. The summed E-state index contributed by atoms with van der Waals surface area (Å²) in [6.07, 6.45) is -3.09. The lowest BCUT2D eigenvalue weighted by Crippen LogP contribution is -2.45. The van der Waals surface area contributed by atoms with Crippen molar-refractivity contribution >= 4 is 35.1 Å². The molecule has 0 fully saturated rings. The molecule has 0 aliphatic heterocycles. The molecule has 168 valence electrons. The fourth-order valence-electron chi connectivity index (χ4n) is 1.30. The van der Waals surface area contributed by atoms with Crippen LogP contribution < -0.4 is 5.32 Å². The van der Waals surface area contributed by atoms with Gasteiger partial charge in [-0.25, -0.2) is 9.59 Å². The van der Waals surface area contributed by atoms with Crippen molar-refractivity contribution in [3.63, 3.8) is 0 Å². The Morgan fingerprint density at radius 2 is 1.28 bits per heavy atom. The Balaban J connectivity index is 4.28. The number of aliphatic hydroxyl groups is 2. The summed E-state index contributed by atoms with van der Waals surface area (Å²) in [6.45, 7) is 8.50. The number of esters is 2. The number of hydrogen-bond acceptors (Lipinski definition) is 11. The van der Waals surface area contributed by atoms with Gasteiger partial charge in [-0.1, -0.05) is 0 Å². The van der Waals surface area contributed by atoms with Gasteiger partial charge in [-0.15, -0.1) is 0 Å². The SMILES string of the molecule is CC(C)(C)C(=O)OCOC(=O)N[C@@H](CSC(=O)OCOC(=O)C(C)(C)C)C(O)O. The van der Waals surface area contributed by atoms with Crippen LogP contribution in [0.1, 0.15) is 41.5 Å². The lowest BCUT2D eigenvalue weighted by atomic mass is 9.97. The van der Waals surface area contributed by atoms with Crippen LogP contribution in [-0.4, -0.2) is 65.2 Å². The molecule has 1 amide bonds. The van der Waals surface area contributed by atoms with E-state index in [4.69, 9.17) is 9.47 Å². The van der Waals surface area contributed by atoms with Gasteiger partial charge in [-0.2, -0.15) is 0 Å². The summed E-state index contributed by atoms with van der Waals surface area (Å²) in [5.74, 6) is -1.43. The zero-order valence-electron chi connectivity index (χ0n) is 17.3. The maximum absolute atomic E-state index is 11.6. The lowest BCUT2D eigenvalue weighted by molar-refractivity contribution is -0.162. The number of hydrogen-bond donors (Lipinski definition) is 3. The van der Waals surface area contributed by atoms with E-state index < -0.39 is 60.1 Å². The molecular formula is C17H29NO10S. The zero-order valence-corrected chi connectivity index (χ0v) is 18.2. The van der Waals surface area contributed by atoms with Gasteiger partial charge < -0.3 is 34.5 Å². The van der Waals surface area contributed by atoms with Gasteiger partial charge in [0.25, 0.3) is 0 Å². The highest BCUT2D eigenvalue weighted by molar-refractivity contribution is 8.13. The van der Waals surface area contributed by atoms with Crippen LogP contribution in [-0.2, 0) is 28.5 Å². The smallest absolute Gasteiger partial charge is 0.410 e. The Kier molecular flexibility index (Phi) is 11.0. The number of ether oxygens (including phenoxy) is 4. The van der Waals surface area contributed by atoms with E-state index in [-0.39, 0.29) is 5.75 Å². The van der Waals surface area contributed by atoms with Crippen LogP contribution in [0.3, 0.4) is 0 Å². The summed E-state index contributed by atoms with van der Waals surface area (Å²) in [6, 6.07) is -1.28. The van der Waals surface area contributed by atoms with Gasteiger partial charge >= 0.3 is 23.3 Å². The van der Waals surface area contributed by atoms with Gasteiger partial charge in [0.15, 0.2) is 6.29 Å². The van der Waals surface area contributed by atoms with Crippen LogP contribution >= 0.6 is 11.8 Å². The van der Waals surface area contributed by atoms with Gasteiger partial charge in [0, 0.05) is 5.75 Å². The zero-order chi connectivity index (χ0) is 22.8. The number of nitrogens with one attached hydrogen (secondary N) is 1. The molecule has 0 aliphatic rings. The quantitative estimate of drug-likeness (QED) is 0.370. The minimum Gasteiger partial charge on any atom is -0.427 e. The minimum absolute atomic E-state index is 0.277. The van der Waals surface area contributed by atoms with E-state index in [1.54, 1.807) is 41.5 Å². The molecule has 0 heterocycles. The van der Waals surface area contributed by atoms with Crippen LogP contribution in [0.2, 0.25) is 0 Å². The molecule has 11 nitrogen and oxygen atoms in total. The first-order valence-corrected chi connectivity index (χ1v) is 9.56. The van der Waals surface area contributed by atoms with Gasteiger partial charge in [-0.05, 0) is 53.3 Å². The van der Waals surface area contributed by atoms with Crippen molar-refractivity contribution in [1.29, 1.82) is 0 Å². The van der Waals surface area contributed by atoms with E-state index in [9.17, 15) is 29.4 Å². The third kappa shape index (κ3) is 12.2. The fourth-order valence-corrected chi connectivity index (χ4v) is 2.00. The van der Waals surface area contributed by atoms with E-state index in [0.29, 0.717) is 11.8 Å². The summed E-state index contributed by atoms with van der Waals surface area (Å²) in [5.41, 5.74) is -1.53. The normalized spacial score (nSPS) is 12.7. The summed E-state index contributed by atoms with van der Waals surface area (Å²) in [5, 5.41) is 19.9. The van der Waals surface area contributed by atoms with Crippen molar-refractivity contribution in [3.05, 3.63) is 0 Å². The molecule has 0 bridgehead atoms. The molecule has 0 spiro atoms. The summed E-state index contributed by atoms with van der Waals surface area (Å²) in [4.78, 5) is 46.3. The van der Waals surface area contributed by atoms with Crippen LogP contribution in [0.4, 0.5) is 9.59 Å². The van der Waals surface area contributed by atoms with Crippen LogP contribution in [0.25, 0.3) is 0 Å². The maximum Gasteiger partial charge on any atom is 0.410 e. The van der Waals surface area contributed by atoms with Crippen molar-refractivity contribution in [2.45, 2.75) is 53.9 Å². The molecule has 1 atom stereocenters. The number of amides is 1. The van der Waals surface area contributed by atoms with Gasteiger partial charge in [0.2, 0.25) is 13.6 Å². The lowest BCUT2D eigenvalue weighted by Gasteiger charge is -2.20. The van der Waals surface area contributed by atoms with Gasteiger partial charge in [0.05, 0.1) is 16.9 Å². The van der Waals surface area contributed by atoms with Crippen LogP contribution in [0, 0.1) is 10.8 Å². The Hall–Kier alpha value is -2.05. The van der Waals surface area contributed by atoms with Crippen LogP contribution in [0.5, 0.6) is 0 Å². The topological polar surface area (TPSA) is 158 Å². The second-order valence-electron chi connectivity index (χ2n) is 7.90. The molecule has 0 aromatic rings. The first-order valence-electron chi connectivity index (χ1n) is 8.58. The van der Waals surface area contributed by atoms with E-state index in [0.717, 1.165) is 0 Å². The van der Waals surface area contributed by atoms with Gasteiger partial charge in [-0.3, -0.25) is 9.59 Å². The average molecular weight is 439 g/mol. The standard InChI is InChI=1S/C17H29NO10S/c1-16(2,3)12(21)25-8-27-14(23)18-10(11(19)20)7-29-15(24)28-9-26-13(22)17(4,5)6/h10-11,19-20H,7-9H2,1-6H3,(H,18,23)/t10-/m0/s1. The molecule has 12 heteroatoms. The minimum atomic E-state index is -2.00. The predicted molar refractivity (Wildman–Crippen MR) is 101 cm³/mol. The monoisotopic (exact) mass is 439 g/mol. The largest absolute Gasteiger partial charge is 0.427 e. The Bertz CT molecular complexity index is 580. The second kappa shape index (κ2) is 11.8. The molecule has 3 N–H and O–H groups in total. The molecule has 0 radical (unpaired) electrons. The number of aliphatic hydroxyl groups excluding tert-OH is 1.